The van der Waals surface area contributed by atoms with Gasteiger partial charge in [0.05, 0.1) is 29.3 Å². The second kappa shape index (κ2) is 9.55. The molecule has 0 radical (unpaired) electrons. The van der Waals surface area contributed by atoms with Crippen LogP contribution < -0.4 is 10.1 Å². The molecule has 3 heterocycles. The minimum atomic E-state index is -0.406. The standard InChI is InChI=1S/C26H22N4O4S/c1-33-18-11-9-17(10-12-18)16-29-25(24(28-26(29)35)20-7-4-5-15-27-20)23-14-13-22(34-23)19-6-2-3-8-21(19)30(31)32/h2-15,24-25H,16H2,1H3,(H,28,35)/t24-,25-/m0/s1. The number of aromatic nitrogens is 1. The number of nitro benzene ring substituents is 1. The van der Waals surface area contributed by atoms with E-state index in [1.165, 1.54) is 6.07 Å². The summed E-state index contributed by atoms with van der Waals surface area (Å²) in [5.41, 5.74) is 2.28. The molecule has 2 atom stereocenters. The van der Waals surface area contributed by atoms with E-state index in [4.69, 9.17) is 21.4 Å². The lowest BCUT2D eigenvalue weighted by Crippen LogP contribution is -2.29. The van der Waals surface area contributed by atoms with Crippen LogP contribution in [0.15, 0.2) is 89.5 Å². The fourth-order valence-corrected chi connectivity index (χ4v) is 4.62. The Bertz CT molecular complexity index is 1360. The Hall–Kier alpha value is -4.24. The average Bonchev–Trinajstić information content (AvgIpc) is 3.50. The monoisotopic (exact) mass is 486 g/mol. The van der Waals surface area contributed by atoms with Crippen molar-refractivity contribution >= 4 is 23.0 Å². The van der Waals surface area contributed by atoms with Gasteiger partial charge in [0.1, 0.15) is 23.3 Å². The minimum absolute atomic E-state index is 0.00941. The highest BCUT2D eigenvalue weighted by atomic mass is 32.1. The summed E-state index contributed by atoms with van der Waals surface area (Å²) in [5, 5.41) is 15.5. The van der Waals surface area contributed by atoms with Gasteiger partial charge < -0.3 is 19.4 Å². The Morgan fingerprint density at radius 2 is 1.86 bits per heavy atom. The van der Waals surface area contributed by atoms with Gasteiger partial charge in [-0.1, -0.05) is 30.3 Å². The van der Waals surface area contributed by atoms with E-state index in [2.05, 4.69) is 15.2 Å². The molecule has 35 heavy (non-hydrogen) atoms. The number of nitrogens with one attached hydrogen (secondary N) is 1. The molecule has 176 valence electrons. The molecule has 0 amide bonds. The molecule has 2 aromatic heterocycles. The van der Waals surface area contributed by atoms with Crippen LogP contribution >= 0.6 is 12.2 Å². The summed E-state index contributed by atoms with van der Waals surface area (Å²) in [6.07, 6.45) is 1.74. The third kappa shape index (κ3) is 4.45. The summed E-state index contributed by atoms with van der Waals surface area (Å²) in [7, 11) is 1.63. The highest BCUT2D eigenvalue weighted by Gasteiger charge is 2.41. The molecule has 1 aliphatic heterocycles. The van der Waals surface area contributed by atoms with E-state index in [-0.39, 0.29) is 17.8 Å². The Morgan fingerprint density at radius 1 is 1.09 bits per heavy atom. The van der Waals surface area contributed by atoms with E-state index in [1.54, 1.807) is 37.6 Å². The number of pyridine rings is 1. The van der Waals surface area contributed by atoms with Crippen molar-refractivity contribution in [2.75, 3.05) is 7.11 Å². The molecule has 0 saturated carbocycles. The molecule has 1 aliphatic rings. The van der Waals surface area contributed by atoms with Crippen LogP contribution in [0.3, 0.4) is 0 Å². The summed E-state index contributed by atoms with van der Waals surface area (Å²) < 4.78 is 11.5. The second-order valence-corrected chi connectivity index (χ2v) is 8.47. The highest BCUT2D eigenvalue weighted by Crippen LogP contribution is 2.42. The number of nitro groups is 1. The highest BCUT2D eigenvalue weighted by molar-refractivity contribution is 7.80. The Kier molecular flexibility index (Phi) is 6.15. The van der Waals surface area contributed by atoms with Gasteiger partial charge in [-0.15, -0.1) is 0 Å². The number of hydrogen-bond acceptors (Lipinski definition) is 6. The number of methoxy groups -OCH3 is 1. The molecule has 1 N–H and O–H groups in total. The summed E-state index contributed by atoms with van der Waals surface area (Å²) >= 11 is 5.73. The lowest BCUT2D eigenvalue weighted by Gasteiger charge is -2.26. The first-order valence-electron chi connectivity index (χ1n) is 11.0. The van der Waals surface area contributed by atoms with Crippen molar-refractivity contribution in [1.29, 1.82) is 0 Å². The van der Waals surface area contributed by atoms with Gasteiger partial charge in [-0.3, -0.25) is 15.1 Å². The smallest absolute Gasteiger partial charge is 0.280 e. The Balaban J connectivity index is 1.54. The van der Waals surface area contributed by atoms with E-state index in [0.717, 1.165) is 17.0 Å². The quantitative estimate of drug-likeness (QED) is 0.210. The zero-order valence-corrected chi connectivity index (χ0v) is 19.6. The zero-order valence-electron chi connectivity index (χ0n) is 18.8. The topological polar surface area (TPSA) is 93.7 Å². The Labute approximate surface area is 207 Å². The summed E-state index contributed by atoms with van der Waals surface area (Å²) in [4.78, 5) is 17.7. The molecule has 2 aromatic carbocycles. The zero-order chi connectivity index (χ0) is 24.4. The number of thiocarbonyl (C=S) groups is 1. The largest absolute Gasteiger partial charge is 0.497 e. The maximum Gasteiger partial charge on any atom is 0.280 e. The number of furan rings is 1. The summed E-state index contributed by atoms with van der Waals surface area (Å²) in [6, 6.07) is 23.1. The molecule has 1 fully saturated rings. The molecular weight excluding hydrogens is 464 g/mol. The van der Waals surface area contributed by atoms with E-state index < -0.39 is 4.92 Å². The van der Waals surface area contributed by atoms with E-state index in [9.17, 15) is 10.1 Å². The van der Waals surface area contributed by atoms with E-state index >= 15 is 0 Å². The van der Waals surface area contributed by atoms with Crippen LogP contribution in [0, 0.1) is 10.1 Å². The van der Waals surface area contributed by atoms with Gasteiger partial charge in [-0.25, -0.2) is 0 Å². The maximum atomic E-state index is 11.6. The number of rotatable bonds is 7. The van der Waals surface area contributed by atoms with Crippen molar-refractivity contribution in [3.8, 4) is 17.1 Å². The fourth-order valence-electron chi connectivity index (χ4n) is 4.31. The normalized spacial score (nSPS) is 17.3. The molecule has 8 nitrogen and oxygen atoms in total. The van der Waals surface area contributed by atoms with Gasteiger partial charge in [0, 0.05) is 18.8 Å². The van der Waals surface area contributed by atoms with Crippen molar-refractivity contribution in [3.63, 3.8) is 0 Å². The molecule has 1 saturated heterocycles. The van der Waals surface area contributed by atoms with Crippen molar-refractivity contribution in [2.45, 2.75) is 18.6 Å². The molecule has 0 unspecified atom stereocenters. The lowest BCUT2D eigenvalue weighted by molar-refractivity contribution is -0.384. The van der Waals surface area contributed by atoms with Gasteiger partial charge in [0.2, 0.25) is 0 Å². The van der Waals surface area contributed by atoms with Gasteiger partial charge in [0.15, 0.2) is 5.11 Å². The third-order valence-corrected chi connectivity index (χ3v) is 6.35. The van der Waals surface area contributed by atoms with Crippen molar-refractivity contribution in [1.82, 2.24) is 15.2 Å². The molecule has 0 spiro atoms. The van der Waals surface area contributed by atoms with Crippen LogP contribution in [-0.4, -0.2) is 27.0 Å². The molecule has 9 heteroatoms. The van der Waals surface area contributed by atoms with Crippen LogP contribution in [0.5, 0.6) is 5.75 Å². The van der Waals surface area contributed by atoms with Crippen LogP contribution in [0.1, 0.15) is 29.1 Å². The molecule has 0 bridgehead atoms. The van der Waals surface area contributed by atoms with E-state index in [1.807, 2.05) is 48.5 Å². The number of benzene rings is 2. The number of para-hydroxylation sites is 1. The fraction of sp³-hybridized carbons (Fsp3) is 0.154. The first kappa shape index (κ1) is 22.5. The molecule has 5 rings (SSSR count). The van der Waals surface area contributed by atoms with Crippen molar-refractivity contribution in [2.24, 2.45) is 0 Å². The molecular formula is C26H22N4O4S. The first-order valence-corrected chi connectivity index (χ1v) is 11.4. The molecule has 0 aliphatic carbocycles. The summed E-state index contributed by atoms with van der Waals surface area (Å²) in [6.45, 7) is 0.533. The number of ether oxygens (including phenoxy) is 1. The summed E-state index contributed by atoms with van der Waals surface area (Å²) in [5.74, 6) is 1.84. The Morgan fingerprint density at radius 3 is 2.57 bits per heavy atom. The van der Waals surface area contributed by atoms with Gasteiger partial charge in [-0.2, -0.15) is 0 Å². The van der Waals surface area contributed by atoms with Crippen LogP contribution in [-0.2, 0) is 6.54 Å². The van der Waals surface area contributed by atoms with Crippen molar-refractivity contribution in [3.05, 3.63) is 112 Å². The minimum Gasteiger partial charge on any atom is -0.497 e. The van der Waals surface area contributed by atoms with Gasteiger partial charge >= 0.3 is 0 Å². The van der Waals surface area contributed by atoms with Gasteiger partial charge in [-0.05, 0) is 60.2 Å². The predicted molar refractivity (Wildman–Crippen MR) is 135 cm³/mol. The number of hydrogen-bond donors (Lipinski definition) is 1. The van der Waals surface area contributed by atoms with Crippen LogP contribution in [0.4, 0.5) is 5.69 Å². The SMILES string of the molecule is COc1ccc(CN2C(=S)N[C@@H](c3ccccn3)[C@@H]2c2ccc(-c3ccccc3[N+](=O)[O-])o2)cc1. The second-order valence-electron chi connectivity index (χ2n) is 8.08. The van der Waals surface area contributed by atoms with Gasteiger partial charge in [0.25, 0.3) is 5.69 Å². The van der Waals surface area contributed by atoms with Crippen molar-refractivity contribution < 1.29 is 14.1 Å². The lowest BCUT2D eigenvalue weighted by atomic mass is 10.0. The predicted octanol–water partition coefficient (Wildman–Crippen LogP) is 5.43. The third-order valence-electron chi connectivity index (χ3n) is 5.99. The first-order chi connectivity index (χ1) is 17.0. The average molecular weight is 487 g/mol. The molecule has 4 aromatic rings. The number of nitrogens with zero attached hydrogens (tertiary/aromatic N) is 3. The van der Waals surface area contributed by atoms with E-state index in [0.29, 0.717) is 28.7 Å². The van der Waals surface area contributed by atoms with Crippen LogP contribution in [0.2, 0.25) is 0 Å². The maximum absolute atomic E-state index is 11.6. The van der Waals surface area contributed by atoms with Crippen LogP contribution in [0.25, 0.3) is 11.3 Å².